The van der Waals surface area contributed by atoms with Crippen molar-refractivity contribution in [2.24, 2.45) is 11.7 Å². The van der Waals surface area contributed by atoms with Crippen molar-refractivity contribution in [3.05, 3.63) is 28.2 Å². The van der Waals surface area contributed by atoms with E-state index in [0.29, 0.717) is 18.0 Å². The van der Waals surface area contributed by atoms with Gasteiger partial charge in [0.2, 0.25) is 0 Å². The van der Waals surface area contributed by atoms with E-state index in [1.807, 2.05) is 4.90 Å². The molecule has 0 aliphatic carbocycles. The Morgan fingerprint density at radius 2 is 2.22 bits per heavy atom. The molecule has 1 fully saturated rings. The van der Waals surface area contributed by atoms with Gasteiger partial charge in [-0.1, -0.05) is 6.92 Å². The summed E-state index contributed by atoms with van der Waals surface area (Å²) in [6, 6.07) is 5.43. The molecular formula is C13H17BrN2O2. The monoisotopic (exact) mass is 312 g/mol. The van der Waals surface area contributed by atoms with Crippen LogP contribution >= 0.6 is 15.9 Å². The number of benzene rings is 1. The lowest BCUT2D eigenvalue weighted by molar-refractivity contribution is 0.0786. The van der Waals surface area contributed by atoms with Gasteiger partial charge in [0.1, 0.15) is 5.75 Å². The summed E-state index contributed by atoms with van der Waals surface area (Å²) < 4.78 is 5.93. The molecule has 5 heteroatoms. The number of amides is 1. The van der Waals surface area contributed by atoms with E-state index in [1.165, 1.54) is 0 Å². The third kappa shape index (κ3) is 2.52. The minimum Gasteiger partial charge on any atom is -0.496 e. The summed E-state index contributed by atoms with van der Waals surface area (Å²) in [5.41, 5.74) is 6.59. The number of hydrogen-bond donors (Lipinski definition) is 1. The molecule has 0 bridgehead atoms. The normalized spacial score (nSPS) is 23.2. The smallest absolute Gasteiger partial charge is 0.253 e. The summed E-state index contributed by atoms with van der Waals surface area (Å²) in [4.78, 5) is 14.1. The Labute approximate surface area is 115 Å². The second-order valence-electron chi connectivity index (χ2n) is 4.70. The topological polar surface area (TPSA) is 55.6 Å². The molecule has 2 atom stereocenters. The van der Waals surface area contributed by atoms with Crippen LogP contribution in [0.2, 0.25) is 0 Å². The van der Waals surface area contributed by atoms with Crippen LogP contribution in [-0.4, -0.2) is 37.0 Å². The molecule has 2 N–H and O–H groups in total. The second kappa shape index (κ2) is 5.28. The van der Waals surface area contributed by atoms with Gasteiger partial charge in [-0.3, -0.25) is 4.79 Å². The van der Waals surface area contributed by atoms with Crippen LogP contribution in [0.3, 0.4) is 0 Å². The lowest BCUT2D eigenvalue weighted by Gasteiger charge is -2.16. The van der Waals surface area contributed by atoms with Crippen LogP contribution in [0.5, 0.6) is 5.75 Å². The lowest BCUT2D eigenvalue weighted by Crippen LogP contribution is -2.32. The van der Waals surface area contributed by atoms with Crippen LogP contribution in [-0.2, 0) is 0 Å². The molecule has 1 aromatic rings. The number of likely N-dealkylation sites (tertiary alicyclic amines) is 1. The van der Waals surface area contributed by atoms with Crippen molar-refractivity contribution in [2.75, 3.05) is 20.2 Å². The van der Waals surface area contributed by atoms with Crippen LogP contribution < -0.4 is 10.5 Å². The molecule has 0 radical (unpaired) electrons. The van der Waals surface area contributed by atoms with Crippen molar-refractivity contribution >= 4 is 21.8 Å². The Morgan fingerprint density at radius 3 is 2.72 bits per heavy atom. The summed E-state index contributed by atoms with van der Waals surface area (Å²) in [5.74, 6) is 1.10. The van der Waals surface area contributed by atoms with Gasteiger partial charge in [0.15, 0.2) is 0 Å². The molecular weight excluding hydrogens is 296 g/mol. The fourth-order valence-corrected chi connectivity index (χ4v) is 2.68. The van der Waals surface area contributed by atoms with E-state index < -0.39 is 0 Å². The van der Waals surface area contributed by atoms with E-state index in [4.69, 9.17) is 10.5 Å². The first-order valence-corrected chi connectivity index (χ1v) is 6.70. The maximum atomic E-state index is 12.3. The molecule has 0 aromatic heterocycles. The predicted molar refractivity (Wildman–Crippen MR) is 73.7 cm³/mol. The lowest BCUT2D eigenvalue weighted by atomic mass is 10.1. The number of carbonyl (C=O) groups excluding carboxylic acids is 1. The van der Waals surface area contributed by atoms with E-state index in [9.17, 15) is 4.79 Å². The van der Waals surface area contributed by atoms with Crippen molar-refractivity contribution in [3.8, 4) is 5.75 Å². The number of carbonyl (C=O) groups is 1. The maximum absolute atomic E-state index is 12.3. The van der Waals surface area contributed by atoms with Crippen molar-refractivity contribution in [1.82, 2.24) is 4.90 Å². The largest absolute Gasteiger partial charge is 0.496 e. The minimum atomic E-state index is 0.0261. The summed E-state index contributed by atoms with van der Waals surface area (Å²) in [6.07, 6.45) is 0. The molecule has 1 aromatic carbocycles. The SMILES string of the molecule is COc1ccc(C(=O)N2CC(C)C(N)C2)cc1Br. The average molecular weight is 313 g/mol. The van der Waals surface area contributed by atoms with Gasteiger partial charge < -0.3 is 15.4 Å². The molecule has 0 spiro atoms. The summed E-state index contributed by atoms with van der Waals surface area (Å²) >= 11 is 3.39. The predicted octanol–water partition coefficient (Wildman–Crippen LogP) is 1.88. The highest BCUT2D eigenvalue weighted by atomic mass is 79.9. The summed E-state index contributed by atoms with van der Waals surface area (Å²) in [7, 11) is 1.60. The van der Waals surface area contributed by atoms with E-state index in [-0.39, 0.29) is 11.9 Å². The molecule has 1 heterocycles. The standard InChI is InChI=1S/C13H17BrN2O2/c1-8-6-16(7-11(8)15)13(17)9-3-4-12(18-2)10(14)5-9/h3-5,8,11H,6-7,15H2,1-2H3. The Balaban J connectivity index is 2.17. The zero-order valence-corrected chi connectivity index (χ0v) is 12.1. The molecule has 1 saturated heterocycles. The highest BCUT2D eigenvalue weighted by molar-refractivity contribution is 9.10. The van der Waals surface area contributed by atoms with Gasteiger partial charge in [-0.2, -0.15) is 0 Å². The van der Waals surface area contributed by atoms with E-state index >= 15 is 0 Å². The summed E-state index contributed by atoms with van der Waals surface area (Å²) in [6.45, 7) is 3.43. The second-order valence-corrected chi connectivity index (χ2v) is 5.55. The molecule has 98 valence electrons. The van der Waals surface area contributed by atoms with Crippen molar-refractivity contribution in [3.63, 3.8) is 0 Å². The molecule has 1 amide bonds. The Kier molecular flexibility index (Phi) is 3.92. The van der Waals surface area contributed by atoms with Crippen LogP contribution in [0.4, 0.5) is 0 Å². The number of halogens is 1. The van der Waals surface area contributed by atoms with Gasteiger partial charge >= 0.3 is 0 Å². The van der Waals surface area contributed by atoms with Crippen molar-refractivity contribution in [2.45, 2.75) is 13.0 Å². The zero-order chi connectivity index (χ0) is 13.3. The number of nitrogens with zero attached hydrogens (tertiary/aromatic N) is 1. The first kappa shape index (κ1) is 13.4. The van der Waals surface area contributed by atoms with Gasteiger partial charge in [0.25, 0.3) is 5.91 Å². The number of hydrogen-bond acceptors (Lipinski definition) is 3. The molecule has 18 heavy (non-hydrogen) atoms. The molecule has 1 aliphatic heterocycles. The van der Waals surface area contributed by atoms with Gasteiger partial charge in [-0.25, -0.2) is 0 Å². The number of rotatable bonds is 2. The highest BCUT2D eigenvalue weighted by Gasteiger charge is 2.30. The van der Waals surface area contributed by atoms with Gasteiger partial charge in [0, 0.05) is 24.7 Å². The van der Waals surface area contributed by atoms with Gasteiger partial charge in [-0.15, -0.1) is 0 Å². The fourth-order valence-electron chi connectivity index (χ4n) is 2.14. The fraction of sp³-hybridized carbons (Fsp3) is 0.462. The molecule has 2 unspecified atom stereocenters. The number of methoxy groups -OCH3 is 1. The molecule has 4 nitrogen and oxygen atoms in total. The number of nitrogens with two attached hydrogens (primary N) is 1. The van der Waals surface area contributed by atoms with Crippen LogP contribution in [0.25, 0.3) is 0 Å². The highest BCUT2D eigenvalue weighted by Crippen LogP contribution is 2.27. The molecule has 1 aliphatic rings. The van der Waals surface area contributed by atoms with E-state index in [0.717, 1.165) is 16.8 Å². The van der Waals surface area contributed by atoms with Crippen LogP contribution in [0.15, 0.2) is 22.7 Å². The maximum Gasteiger partial charge on any atom is 0.253 e. The Bertz CT molecular complexity index is 454. The summed E-state index contributed by atoms with van der Waals surface area (Å²) in [5, 5.41) is 0. The van der Waals surface area contributed by atoms with Gasteiger partial charge in [-0.05, 0) is 40.0 Å². The minimum absolute atomic E-state index is 0.0261. The van der Waals surface area contributed by atoms with E-state index in [1.54, 1.807) is 25.3 Å². The first-order valence-electron chi connectivity index (χ1n) is 5.91. The average Bonchev–Trinajstić information content (AvgIpc) is 2.68. The van der Waals surface area contributed by atoms with Crippen molar-refractivity contribution in [1.29, 1.82) is 0 Å². The van der Waals surface area contributed by atoms with Gasteiger partial charge in [0.05, 0.1) is 11.6 Å². The number of ether oxygens (including phenoxy) is 1. The first-order chi connectivity index (χ1) is 8.52. The van der Waals surface area contributed by atoms with Crippen LogP contribution in [0, 0.1) is 5.92 Å². The van der Waals surface area contributed by atoms with E-state index in [2.05, 4.69) is 22.9 Å². The third-order valence-electron chi connectivity index (χ3n) is 3.36. The molecule has 2 rings (SSSR count). The Morgan fingerprint density at radius 1 is 1.50 bits per heavy atom. The van der Waals surface area contributed by atoms with Crippen molar-refractivity contribution < 1.29 is 9.53 Å². The quantitative estimate of drug-likeness (QED) is 0.907. The molecule has 0 saturated carbocycles. The van der Waals surface area contributed by atoms with Crippen LogP contribution in [0.1, 0.15) is 17.3 Å². The zero-order valence-electron chi connectivity index (χ0n) is 10.5. The Hall–Kier alpha value is -1.07. The third-order valence-corrected chi connectivity index (χ3v) is 3.98.